The number of hydrogen-bond donors (Lipinski definition) is 1. The van der Waals surface area contributed by atoms with Crippen molar-refractivity contribution in [1.82, 2.24) is 0 Å². The standard InChI is InChI=1S/C13H9BrClF2NO/c14-10-4-11(15)12(17)5-13(10)19-6-7-1-8(16)3-9(18)2-7/h1-5H,6,18H2. The summed E-state index contributed by atoms with van der Waals surface area (Å²) in [5.74, 6) is -0.747. The molecule has 2 N–H and O–H groups in total. The zero-order chi connectivity index (χ0) is 14.0. The summed E-state index contributed by atoms with van der Waals surface area (Å²) in [5, 5.41) is -0.00535. The van der Waals surface area contributed by atoms with E-state index in [1.54, 1.807) is 6.07 Å². The molecule has 0 amide bonds. The summed E-state index contributed by atoms with van der Waals surface area (Å²) in [7, 11) is 0. The second-order valence-electron chi connectivity index (χ2n) is 3.88. The molecule has 0 heterocycles. The molecular weight excluding hydrogens is 340 g/mol. The van der Waals surface area contributed by atoms with E-state index in [1.807, 2.05) is 0 Å². The Morgan fingerprint density at radius 3 is 2.58 bits per heavy atom. The van der Waals surface area contributed by atoms with E-state index in [-0.39, 0.29) is 17.4 Å². The Balaban J connectivity index is 2.16. The van der Waals surface area contributed by atoms with E-state index in [0.717, 1.165) is 6.07 Å². The van der Waals surface area contributed by atoms with Crippen LogP contribution < -0.4 is 10.5 Å². The number of nitrogen functional groups attached to an aromatic ring is 1. The average Bonchev–Trinajstić information content (AvgIpc) is 2.31. The molecule has 2 aromatic rings. The number of halogens is 4. The summed E-state index contributed by atoms with van der Waals surface area (Å²) >= 11 is 8.83. The minimum atomic E-state index is -0.585. The summed E-state index contributed by atoms with van der Waals surface area (Å²) < 4.78 is 32.3. The lowest BCUT2D eigenvalue weighted by Crippen LogP contribution is -1.99. The Labute approximate surface area is 122 Å². The van der Waals surface area contributed by atoms with Gasteiger partial charge in [-0.1, -0.05) is 11.6 Å². The first-order valence-corrected chi connectivity index (χ1v) is 6.45. The van der Waals surface area contributed by atoms with Gasteiger partial charge in [-0.05, 0) is 45.8 Å². The Morgan fingerprint density at radius 1 is 1.16 bits per heavy atom. The van der Waals surface area contributed by atoms with E-state index in [0.29, 0.717) is 15.7 Å². The van der Waals surface area contributed by atoms with E-state index >= 15 is 0 Å². The fraction of sp³-hybridized carbons (Fsp3) is 0.0769. The van der Waals surface area contributed by atoms with Crippen LogP contribution in [0, 0.1) is 11.6 Å². The lowest BCUT2D eigenvalue weighted by Gasteiger charge is -2.09. The highest BCUT2D eigenvalue weighted by molar-refractivity contribution is 9.10. The van der Waals surface area contributed by atoms with E-state index in [2.05, 4.69) is 15.9 Å². The van der Waals surface area contributed by atoms with Crippen LogP contribution in [0.4, 0.5) is 14.5 Å². The topological polar surface area (TPSA) is 35.2 Å². The van der Waals surface area contributed by atoms with Crippen LogP contribution in [0.1, 0.15) is 5.56 Å². The first kappa shape index (κ1) is 14.1. The SMILES string of the molecule is Nc1cc(F)cc(COc2cc(F)c(Cl)cc2Br)c1. The van der Waals surface area contributed by atoms with Crippen LogP contribution in [0.25, 0.3) is 0 Å². The van der Waals surface area contributed by atoms with E-state index in [1.165, 1.54) is 18.2 Å². The third-order valence-corrected chi connectivity index (χ3v) is 3.26. The molecule has 0 aliphatic heterocycles. The van der Waals surface area contributed by atoms with Gasteiger partial charge < -0.3 is 10.5 Å². The summed E-state index contributed by atoms with van der Waals surface area (Å²) in [6, 6.07) is 6.66. The lowest BCUT2D eigenvalue weighted by atomic mass is 10.2. The molecule has 0 saturated heterocycles. The highest BCUT2D eigenvalue weighted by Gasteiger charge is 2.08. The van der Waals surface area contributed by atoms with Gasteiger partial charge in [-0.15, -0.1) is 0 Å². The van der Waals surface area contributed by atoms with Crippen molar-refractivity contribution in [2.45, 2.75) is 6.61 Å². The van der Waals surface area contributed by atoms with Gasteiger partial charge in [0.2, 0.25) is 0 Å². The maximum absolute atomic E-state index is 13.3. The molecular formula is C13H9BrClF2NO. The van der Waals surface area contributed by atoms with Gasteiger partial charge in [0, 0.05) is 11.8 Å². The van der Waals surface area contributed by atoms with E-state index < -0.39 is 11.6 Å². The van der Waals surface area contributed by atoms with E-state index in [4.69, 9.17) is 22.1 Å². The minimum Gasteiger partial charge on any atom is -0.488 e. The van der Waals surface area contributed by atoms with Crippen molar-refractivity contribution in [1.29, 1.82) is 0 Å². The minimum absolute atomic E-state index is 0.00535. The normalized spacial score (nSPS) is 10.5. The molecule has 0 atom stereocenters. The second kappa shape index (κ2) is 5.75. The molecule has 0 saturated carbocycles. The molecule has 0 bridgehead atoms. The van der Waals surface area contributed by atoms with Gasteiger partial charge in [0.1, 0.15) is 24.0 Å². The van der Waals surface area contributed by atoms with Crippen molar-refractivity contribution in [3.8, 4) is 5.75 Å². The molecule has 0 aliphatic rings. The van der Waals surface area contributed by atoms with Crippen LogP contribution in [0.2, 0.25) is 5.02 Å². The van der Waals surface area contributed by atoms with Crippen molar-refractivity contribution in [3.05, 3.63) is 57.0 Å². The number of hydrogen-bond acceptors (Lipinski definition) is 2. The van der Waals surface area contributed by atoms with Crippen molar-refractivity contribution < 1.29 is 13.5 Å². The zero-order valence-electron chi connectivity index (χ0n) is 9.59. The number of nitrogens with two attached hydrogens (primary N) is 1. The highest BCUT2D eigenvalue weighted by atomic mass is 79.9. The molecule has 0 aliphatic carbocycles. The summed E-state index contributed by atoms with van der Waals surface area (Å²) in [6.07, 6.45) is 0. The fourth-order valence-electron chi connectivity index (χ4n) is 1.53. The largest absolute Gasteiger partial charge is 0.488 e. The molecule has 0 aromatic heterocycles. The molecule has 2 aromatic carbocycles. The van der Waals surface area contributed by atoms with Crippen LogP contribution in [0.3, 0.4) is 0 Å². The van der Waals surface area contributed by atoms with E-state index in [9.17, 15) is 8.78 Å². The average molecular weight is 349 g/mol. The molecule has 2 nitrogen and oxygen atoms in total. The van der Waals surface area contributed by atoms with Crippen LogP contribution in [0.15, 0.2) is 34.8 Å². The Kier molecular flexibility index (Phi) is 4.27. The quantitative estimate of drug-likeness (QED) is 0.653. The third-order valence-electron chi connectivity index (χ3n) is 2.35. The van der Waals surface area contributed by atoms with Crippen LogP contribution in [0.5, 0.6) is 5.75 Å². The predicted octanol–water partition coefficient (Wildman–Crippen LogP) is 4.54. The summed E-state index contributed by atoms with van der Waals surface area (Å²) in [4.78, 5) is 0. The highest BCUT2D eigenvalue weighted by Crippen LogP contribution is 2.31. The van der Waals surface area contributed by atoms with Crippen LogP contribution in [-0.2, 0) is 6.61 Å². The van der Waals surface area contributed by atoms with Crippen molar-refractivity contribution >= 4 is 33.2 Å². The van der Waals surface area contributed by atoms with Crippen molar-refractivity contribution in [3.63, 3.8) is 0 Å². The van der Waals surface area contributed by atoms with Crippen molar-refractivity contribution in [2.75, 3.05) is 5.73 Å². The van der Waals surface area contributed by atoms with Gasteiger partial charge in [-0.3, -0.25) is 0 Å². The summed E-state index contributed by atoms with van der Waals surface area (Å²) in [6.45, 7) is 0.0711. The monoisotopic (exact) mass is 347 g/mol. The molecule has 100 valence electrons. The maximum atomic E-state index is 13.3. The lowest BCUT2D eigenvalue weighted by molar-refractivity contribution is 0.302. The molecule has 2 rings (SSSR count). The first-order chi connectivity index (χ1) is 8.95. The Hall–Kier alpha value is -1.33. The van der Waals surface area contributed by atoms with Gasteiger partial charge >= 0.3 is 0 Å². The smallest absolute Gasteiger partial charge is 0.145 e. The van der Waals surface area contributed by atoms with Crippen LogP contribution in [-0.4, -0.2) is 0 Å². The fourth-order valence-corrected chi connectivity index (χ4v) is 2.29. The van der Waals surface area contributed by atoms with Gasteiger partial charge in [0.15, 0.2) is 0 Å². The van der Waals surface area contributed by atoms with Gasteiger partial charge in [-0.2, -0.15) is 0 Å². The van der Waals surface area contributed by atoms with Crippen LogP contribution >= 0.6 is 27.5 Å². The number of benzene rings is 2. The molecule has 19 heavy (non-hydrogen) atoms. The molecule has 6 heteroatoms. The molecule has 0 spiro atoms. The number of rotatable bonds is 3. The Morgan fingerprint density at radius 2 is 1.89 bits per heavy atom. The van der Waals surface area contributed by atoms with Gasteiger partial charge in [0.25, 0.3) is 0 Å². The number of ether oxygens (including phenoxy) is 1. The molecule has 0 fully saturated rings. The number of anilines is 1. The molecule has 0 unspecified atom stereocenters. The predicted molar refractivity (Wildman–Crippen MR) is 74.3 cm³/mol. The maximum Gasteiger partial charge on any atom is 0.145 e. The third kappa shape index (κ3) is 3.58. The van der Waals surface area contributed by atoms with Gasteiger partial charge in [0.05, 0.1) is 9.50 Å². The summed E-state index contributed by atoms with van der Waals surface area (Å²) in [5.41, 5.74) is 6.38. The van der Waals surface area contributed by atoms with Crippen molar-refractivity contribution in [2.24, 2.45) is 0 Å². The Bertz CT molecular complexity index is 602. The van der Waals surface area contributed by atoms with Gasteiger partial charge in [-0.25, -0.2) is 8.78 Å². The molecule has 0 radical (unpaired) electrons. The first-order valence-electron chi connectivity index (χ1n) is 5.28. The zero-order valence-corrected chi connectivity index (χ0v) is 11.9. The second-order valence-corrected chi connectivity index (χ2v) is 5.14.